The summed E-state index contributed by atoms with van der Waals surface area (Å²) < 4.78 is 12.1. The molecule has 102 valence electrons. The standard InChI is InChI=1S/C9H13NO.C5H10FN/c1-9(2,3)8-5-4-7(11)6-10-8;6-5-2-1-3-7-4-5/h4-6,11H,1-3H3;5,7H,1-4H2. The molecule has 0 amide bonds. The average molecular weight is 254 g/mol. The fourth-order valence-corrected chi connectivity index (χ4v) is 1.64. The van der Waals surface area contributed by atoms with Gasteiger partial charge in [-0.1, -0.05) is 20.8 Å². The van der Waals surface area contributed by atoms with Crippen molar-refractivity contribution >= 4 is 0 Å². The van der Waals surface area contributed by atoms with Gasteiger partial charge in [0.1, 0.15) is 11.9 Å². The van der Waals surface area contributed by atoms with Crippen LogP contribution in [0.3, 0.4) is 0 Å². The van der Waals surface area contributed by atoms with Crippen molar-refractivity contribution in [2.24, 2.45) is 0 Å². The number of nitrogens with zero attached hydrogens (tertiary/aromatic N) is 1. The SMILES string of the molecule is CC(C)(C)c1ccc(O)cn1.FC1CCCNC1. The third-order valence-electron chi connectivity index (χ3n) is 2.75. The van der Waals surface area contributed by atoms with E-state index in [1.54, 1.807) is 6.07 Å². The van der Waals surface area contributed by atoms with Crippen molar-refractivity contribution in [1.29, 1.82) is 0 Å². The van der Waals surface area contributed by atoms with E-state index in [1.165, 1.54) is 6.20 Å². The third-order valence-corrected chi connectivity index (χ3v) is 2.75. The van der Waals surface area contributed by atoms with Crippen molar-refractivity contribution in [2.45, 2.75) is 45.2 Å². The molecule has 1 aromatic rings. The minimum absolute atomic E-state index is 0.0632. The van der Waals surface area contributed by atoms with E-state index < -0.39 is 6.17 Å². The quantitative estimate of drug-likeness (QED) is 0.748. The highest BCUT2D eigenvalue weighted by Crippen LogP contribution is 2.20. The fourth-order valence-electron chi connectivity index (χ4n) is 1.64. The van der Waals surface area contributed by atoms with E-state index in [1.807, 2.05) is 6.07 Å². The van der Waals surface area contributed by atoms with E-state index in [0.29, 0.717) is 6.54 Å². The normalized spacial score (nSPS) is 19.9. The summed E-state index contributed by atoms with van der Waals surface area (Å²) in [5.74, 6) is 0.220. The molecule has 1 saturated heterocycles. The molecular formula is C14H23FN2O. The summed E-state index contributed by atoms with van der Waals surface area (Å²) in [5.41, 5.74) is 1.06. The van der Waals surface area contributed by atoms with Crippen LogP contribution in [0.5, 0.6) is 5.75 Å². The zero-order valence-electron chi connectivity index (χ0n) is 11.4. The van der Waals surface area contributed by atoms with Gasteiger partial charge in [-0.2, -0.15) is 0 Å². The van der Waals surface area contributed by atoms with Gasteiger partial charge in [0.25, 0.3) is 0 Å². The average Bonchev–Trinajstić information content (AvgIpc) is 2.30. The van der Waals surface area contributed by atoms with Crippen molar-refractivity contribution in [3.63, 3.8) is 0 Å². The Kier molecular flexibility index (Phi) is 5.54. The number of nitrogens with one attached hydrogen (secondary N) is 1. The van der Waals surface area contributed by atoms with Crippen LogP contribution in [0, 0.1) is 0 Å². The van der Waals surface area contributed by atoms with Crippen LogP contribution < -0.4 is 5.32 Å². The van der Waals surface area contributed by atoms with Gasteiger partial charge in [-0.25, -0.2) is 4.39 Å². The molecule has 0 bridgehead atoms. The van der Waals surface area contributed by atoms with Crippen LogP contribution in [0.15, 0.2) is 18.3 Å². The zero-order chi connectivity index (χ0) is 13.6. The van der Waals surface area contributed by atoms with Gasteiger partial charge in [0.05, 0.1) is 6.20 Å². The second-order valence-corrected chi connectivity index (χ2v) is 5.60. The fraction of sp³-hybridized carbons (Fsp3) is 0.643. The molecule has 3 nitrogen and oxygen atoms in total. The van der Waals surface area contributed by atoms with Crippen molar-refractivity contribution in [3.8, 4) is 5.75 Å². The predicted octanol–water partition coefficient (Wildman–Crippen LogP) is 2.79. The lowest BCUT2D eigenvalue weighted by Gasteiger charge is -2.16. The third kappa shape index (κ3) is 5.45. The molecule has 1 aliphatic heterocycles. The summed E-state index contributed by atoms with van der Waals surface area (Å²) in [6.45, 7) is 7.84. The van der Waals surface area contributed by atoms with Crippen LogP contribution >= 0.6 is 0 Å². The monoisotopic (exact) mass is 254 g/mol. The highest BCUT2D eigenvalue weighted by Gasteiger charge is 2.14. The topological polar surface area (TPSA) is 45.2 Å². The summed E-state index contributed by atoms with van der Waals surface area (Å²) in [6, 6.07) is 3.50. The second kappa shape index (κ2) is 6.69. The van der Waals surface area contributed by atoms with Gasteiger partial charge in [-0.15, -0.1) is 0 Å². The molecule has 4 heteroatoms. The van der Waals surface area contributed by atoms with Crippen LogP contribution in [0.25, 0.3) is 0 Å². The number of aromatic hydroxyl groups is 1. The van der Waals surface area contributed by atoms with E-state index in [9.17, 15) is 4.39 Å². The molecular weight excluding hydrogens is 231 g/mol. The lowest BCUT2D eigenvalue weighted by molar-refractivity contribution is 0.266. The molecule has 0 aromatic carbocycles. The first-order valence-electron chi connectivity index (χ1n) is 6.40. The van der Waals surface area contributed by atoms with Gasteiger partial charge in [0.2, 0.25) is 0 Å². The summed E-state index contributed by atoms with van der Waals surface area (Å²) >= 11 is 0. The van der Waals surface area contributed by atoms with Crippen molar-refractivity contribution < 1.29 is 9.50 Å². The highest BCUT2D eigenvalue weighted by molar-refractivity contribution is 5.21. The minimum atomic E-state index is -0.575. The molecule has 2 rings (SSSR count). The summed E-state index contributed by atoms with van der Waals surface area (Å²) in [7, 11) is 0. The van der Waals surface area contributed by atoms with Gasteiger partial charge in [0, 0.05) is 17.7 Å². The Hall–Kier alpha value is -1.16. The molecule has 0 saturated carbocycles. The predicted molar refractivity (Wildman–Crippen MR) is 71.6 cm³/mol. The van der Waals surface area contributed by atoms with E-state index in [4.69, 9.17) is 5.11 Å². The Morgan fingerprint density at radius 2 is 2.11 bits per heavy atom. The number of pyridine rings is 1. The molecule has 1 aromatic heterocycles. The van der Waals surface area contributed by atoms with Crippen LogP contribution in [-0.4, -0.2) is 29.4 Å². The second-order valence-electron chi connectivity index (χ2n) is 5.60. The van der Waals surface area contributed by atoms with Gasteiger partial charge in [-0.05, 0) is 31.5 Å². The van der Waals surface area contributed by atoms with Crippen LogP contribution in [0.1, 0.15) is 39.3 Å². The lowest BCUT2D eigenvalue weighted by Crippen LogP contribution is -2.30. The number of rotatable bonds is 0. The number of hydrogen-bond donors (Lipinski definition) is 2. The molecule has 1 atom stereocenters. The molecule has 1 fully saturated rings. The van der Waals surface area contributed by atoms with E-state index in [2.05, 4.69) is 31.1 Å². The Balaban J connectivity index is 0.000000199. The number of piperidine rings is 1. The highest BCUT2D eigenvalue weighted by atomic mass is 19.1. The molecule has 0 aliphatic carbocycles. The van der Waals surface area contributed by atoms with E-state index in [0.717, 1.165) is 25.1 Å². The number of alkyl halides is 1. The summed E-state index contributed by atoms with van der Waals surface area (Å²) in [6.07, 6.45) is 2.66. The first kappa shape index (κ1) is 14.9. The maximum Gasteiger partial charge on any atom is 0.133 e. The molecule has 0 spiro atoms. The Labute approximate surface area is 108 Å². The Morgan fingerprint density at radius 1 is 1.39 bits per heavy atom. The van der Waals surface area contributed by atoms with Gasteiger partial charge in [0.15, 0.2) is 0 Å². The van der Waals surface area contributed by atoms with E-state index >= 15 is 0 Å². The van der Waals surface area contributed by atoms with Crippen molar-refractivity contribution in [1.82, 2.24) is 10.3 Å². The Morgan fingerprint density at radius 3 is 2.44 bits per heavy atom. The maximum absolute atomic E-state index is 12.1. The van der Waals surface area contributed by atoms with Crippen LogP contribution in [-0.2, 0) is 5.41 Å². The molecule has 1 aliphatic rings. The molecule has 2 heterocycles. The largest absolute Gasteiger partial charge is 0.506 e. The van der Waals surface area contributed by atoms with Crippen molar-refractivity contribution in [3.05, 3.63) is 24.0 Å². The first-order chi connectivity index (χ1) is 8.39. The van der Waals surface area contributed by atoms with Crippen LogP contribution in [0.4, 0.5) is 4.39 Å². The summed E-state index contributed by atoms with van der Waals surface area (Å²) in [4.78, 5) is 4.10. The Bertz CT molecular complexity index is 340. The first-order valence-corrected chi connectivity index (χ1v) is 6.40. The zero-order valence-corrected chi connectivity index (χ0v) is 11.4. The number of halogens is 1. The van der Waals surface area contributed by atoms with Crippen molar-refractivity contribution in [2.75, 3.05) is 13.1 Å². The lowest BCUT2D eigenvalue weighted by atomic mass is 9.92. The summed E-state index contributed by atoms with van der Waals surface area (Å²) in [5, 5.41) is 11.9. The van der Waals surface area contributed by atoms with Gasteiger partial charge < -0.3 is 10.4 Å². The minimum Gasteiger partial charge on any atom is -0.506 e. The van der Waals surface area contributed by atoms with Gasteiger partial charge in [-0.3, -0.25) is 4.98 Å². The molecule has 2 N–H and O–H groups in total. The molecule has 18 heavy (non-hydrogen) atoms. The maximum atomic E-state index is 12.1. The number of hydrogen-bond acceptors (Lipinski definition) is 3. The van der Waals surface area contributed by atoms with Crippen LogP contribution in [0.2, 0.25) is 0 Å². The number of aromatic nitrogens is 1. The molecule has 0 radical (unpaired) electrons. The molecule has 1 unspecified atom stereocenters. The smallest absolute Gasteiger partial charge is 0.133 e. The van der Waals surface area contributed by atoms with Gasteiger partial charge >= 0.3 is 0 Å². The van der Waals surface area contributed by atoms with E-state index in [-0.39, 0.29) is 11.2 Å².